The third kappa shape index (κ3) is 4.08. The number of hydrogen-bond donors (Lipinski definition) is 1. The van der Waals surface area contributed by atoms with Gasteiger partial charge in [-0.25, -0.2) is 0 Å². The van der Waals surface area contributed by atoms with Gasteiger partial charge in [0.25, 0.3) is 0 Å². The van der Waals surface area contributed by atoms with Gasteiger partial charge in [-0.15, -0.1) is 0 Å². The SMILES string of the molecule is CCOC(C1CCCCC1)C(NC)c1cc(C)ccc1C. The molecule has 0 saturated heterocycles. The maximum absolute atomic E-state index is 6.22. The highest BCUT2D eigenvalue weighted by molar-refractivity contribution is 5.33. The number of benzene rings is 1. The van der Waals surface area contributed by atoms with Crippen molar-refractivity contribution in [2.45, 2.75) is 65.0 Å². The fourth-order valence-corrected chi connectivity index (χ4v) is 3.75. The van der Waals surface area contributed by atoms with Crippen molar-refractivity contribution < 1.29 is 4.74 Å². The van der Waals surface area contributed by atoms with Crippen LogP contribution in [0.15, 0.2) is 18.2 Å². The highest BCUT2D eigenvalue weighted by Crippen LogP contribution is 2.35. The molecule has 118 valence electrons. The van der Waals surface area contributed by atoms with Crippen molar-refractivity contribution in [2.24, 2.45) is 5.92 Å². The van der Waals surface area contributed by atoms with Crippen molar-refractivity contribution in [3.63, 3.8) is 0 Å². The Labute approximate surface area is 130 Å². The molecule has 0 bridgehead atoms. The minimum absolute atomic E-state index is 0.292. The van der Waals surface area contributed by atoms with E-state index in [0.29, 0.717) is 18.1 Å². The zero-order chi connectivity index (χ0) is 15.2. The molecule has 2 atom stereocenters. The molecule has 0 amide bonds. The summed E-state index contributed by atoms with van der Waals surface area (Å²) < 4.78 is 6.22. The standard InChI is InChI=1S/C19H31NO/c1-5-21-19(16-9-7-6-8-10-16)18(20-4)17-13-14(2)11-12-15(17)3/h11-13,16,18-20H,5-10H2,1-4H3. The molecule has 2 heteroatoms. The summed E-state index contributed by atoms with van der Waals surface area (Å²) in [7, 11) is 2.07. The number of ether oxygens (including phenoxy) is 1. The second kappa shape index (κ2) is 7.95. The molecule has 1 saturated carbocycles. The predicted octanol–water partition coefficient (Wildman–Crippen LogP) is 4.55. The van der Waals surface area contributed by atoms with Gasteiger partial charge in [0, 0.05) is 6.61 Å². The van der Waals surface area contributed by atoms with Crippen LogP contribution < -0.4 is 5.32 Å². The van der Waals surface area contributed by atoms with Gasteiger partial charge in [-0.2, -0.15) is 0 Å². The summed E-state index contributed by atoms with van der Waals surface area (Å²) in [5.74, 6) is 0.691. The molecule has 21 heavy (non-hydrogen) atoms. The van der Waals surface area contributed by atoms with Crippen molar-refractivity contribution in [1.29, 1.82) is 0 Å². The summed E-state index contributed by atoms with van der Waals surface area (Å²) in [4.78, 5) is 0. The summed E-state index contributed by atoms with van der Waals surface area (Å²) in [6.07, 6.45) is 7.03. The molecular weight excluding hydrogens is 258 g/mol. The third-order valence-corrected chi connectivity index (χ3v) is 4.88. The lowest BCUT2D eigenvalue weighted by Crippen LogP contribution is -2.38. The first-order chi connectivity index (χ1) is 10.2. The van der Waals surface area contributed by atoms with Crippen LogP contribution >= 0.6 is 0 Å². The first-order valence-electron chi connectivity index (χ1n) is 8.53. The largest absolute Gasteiger partial charge is 0.376 e. The molecule has 0 radical (unpaired) electrons. The molecule has 0 spiro atoms. The molecule has 2 unspecified atom stereocenters. The highest BCUT2D eigenvalue weighted by Gasteiger charge is 2.32. The van der Waals surface area contributed by atoms with Crippen molar-refractivity contribution >= 4 is 0 Å². The fraction of sp³-hybridized carbons (Fsp3) is 0.684. The van der Waals surface area contributed by atoms with Gasteiger partial charge in [0.05, 0.1) is 12.1 Å². The molecule has 2 rings (SSSR count). The monoisotopic (exact) mass is 289 g/mol. The van der Waals surface area contributed by atoms with E-state index in [2.05, 4.69) is 51.3 Å². The lowest BCUT2D eigenvalue weighted by atomic mass is 9.80. The van der Waals surface area contributed by atoms with Crippen molar-refractivity contribution in [2.75, 3.05) is 13.7 Å². The number of nitrogens with one attached hydrogen (secondary N) is 1. The van der Waals surface area contributed by atoms with Crippen LogP contribution in [0.3, 0.4) is 0 Å². The Hall–Kier alpha value is -0.860. The molecule has 0 aromatic heterocycles. The lowest BCUT2D eigenvalue weighted by Gasteiger charge is -2.36. The zero-order valence-corrected chi connectivity index (χ0v) is 14.1. The van der Waals surface area contributed by atoms with Crippen molar-refractivity contribution in [3.8, 4) is 0 Å². The van der Waals surface area contributed by atoms with Gasteiger partial charge >= 0.3 is 0 Å². The van der Waals surface area contributed by atoms with E-state index >= 15 is 0 Å². The fourth-order valence-electron chi connectivity index (χ4n) is 3.75. The van der Waals surface area contributed by atoms with E-state index in [0.717, 1.165) is 6.61 Å². The Morgan fingerprint density at radius 3 is 2.52 bits per heavy atom. The van der Waals surface area contributed by atoms with Gasteiger partial charge in [-0.1, -0.05) is 43.0 Å². The Bertz CT molecular complexity index is 437. The van der Waals surface area contributed by atoms with Crippen LogP contribution in [0.4, 0.5) is 0 Å². The Morgan fingerprint density at radius 2 is 1.90 bits per heavy atom. The van der Waals surface area contributed by atoms with Gasteiger partial charge in [0.1, 0.15) is 0 Å². The number of likely N-dealkylation sites (N-methyl/N-ethyl adjacent to an activating group) is 1. The summed E-state index contributed by atoms with van der Waals surface area (Å²) in [5.41, 5.74) is 4.09. The Morgan fingerprint density at radius 1 is 1.19 bits per heavy atom. The second-order valence-corrected chi connectivity index (χ2v) is 6.44. The van der Waals surface area contributed by atoms with Crippen LogP contribution in [0.5, 0.6) is 0 Å². The normalized spacial score (nSPS) is 19.4. The first kappa shape index (κ1) is 16.5. The summed E-state index contributed by atoms with van der Waals surface area (Å²) in [6.45, 7) is 7.30. The van der Waals surface area contributed by atoms with Crippen LogP contribution in [0.1, 0.15) is 61.8 Å². The third-order valence-electron chi connectivity index (χ3n) is 4.88. The molecule has 1 aromatic rings. The first-order valence-corrected chi connectivity index (χ1v) is 8.53. The maximum Gasteiger partial charge on any atom is 0.0797 e. The van der Waals surface area contributed by atoms with E-state index in [1.165, 1.54) is 48.8 Å². The molecular formula is C19H31NO. The van der Waals surface area contributed by atoms with E-state index in [4.69, 9.17) is 4.74 Å². The van der Waals surface area contributed by atoms with Gasteiger partial charge in [0.15, 0.2) is 0 Å². The summed E-state index contributed by atoms with van der Waals surface area (Å²) >= 11 is 0. The van der Waals surface area contributed by atoms with E-state index in [-0.39, 0.29) is 0 Å². The average molecular weight is 289 g/mol. The van der Waals surface area contributed by atoms with Crippen LogP contribution in [0.2, 0.25) is 0 Å². The molecule has 1 aliphatic carbocycles. The molecule has 0 heterocycles. The molecule has 2 nitrogen and oxygen atoms in total. The molecule has 1 fully saturated rings. The molecule has 0 aliphatic heterocycles. The van der Waals surface area contributed by atoms with Crippen LogP contribution in [0.25, 0.3) is 0 Å². The summed E-state index contributed by atoms with van der Waals surface area (Å²) in [6, 6.07) is 7.06. The minimum Gasteiger partial charge on any atom is -0.376 e. The van der Waals surface area contributed by atoms with Gasteiger partial charge in [-0.3, -0.25) is 0 Å². The molecule has 1 aliphatic rings. The highest BCUT2D eigenvalue weighted by atomic mass is 16.5. The van der Waals surface area contributed by atoms with E-state index in [9.17, 15) is 0 Å². The predicted molar refractivity (Wildman–Crippen MR) is 89.7 cm³/mol. The minimum atomic E-state index is 0.292. The van der Waals surface area contributed by atoms with Crippen molar-refractivity contribution in [1.82, 2.24) is 5.32 Å². The molecule has 1 N–H and O–H groups in total. The Kier molecular flexibility index (Phi) is 6.25. The maximum atomic E-state index is 6.22. The average Bonchev–Trinajstić information content (AvgIpc) is 2.51. The van der Waals surface area contributed by atoms with Crippen LogP contribution in [0, 0.1) is 19.8 Å². The smallest absolute Gasteiger partial charge is 0.0797 e. The van der Waals surface area contributed by atoms with Gasteiger partial charge in [0.2, 0.25) is 0 Å². The van der Waals surface area contributed by atoms with Gasteiger partial charge < -0.3 is 10.1 Å². The summed E-state index contributed by atoms with van der Waals surface area (Å²) in [5, 5.41) is 3.54. The van der Waals surface area contributed by atoms with Crippen molar-refractivity contribution in [3.05, 3.63) is 34.9 Å². The van der Waals surface area contributed by atoms with E-state index < -0.39 is 0 Å². The number of hydrogen-bond acceptors (Lipinski definition) is 2. The second-order valence-electron chi connectivity index (χ2n) is 6.44. The van der Waals surface area contributed by atoms with E-state index in [1.54, 1.807) is 0 Å². The van der Waals surface area contributed by atoms with E-state index in [1.807, 2.05) is 0 Å². The number of rotatable bonds is 6. The molecule has 1 aromatic carbocycles. The van der Waals surface area contributed by atoms with Crippen LogP contribution in [-0.4, -0.2) is 19.8 Å². The number of aryl methyl sites for hydroxylation is 2. The topological polar surface area (TPSA) is 21.3 Å². The quantitative estimate of drug-likeness (QED) is 0.829. The lowest BCUT2D eigenvalue weighted by molar-refractivity contribution is -0.0169. The Balaban J connectivity index is 2.27. The van der Waals surface area contributed by atoms with Gasteiger partial charge in [-0.05, 0) is 57.7 Å². The zero-order valence-electron chi connectivity index (χ0n) is 14.1. The van der Waals surface area contributed by atoms with Crippen LogP contribution in [-0.2, 0) is 4.74 Å².